The molecule has 0 bridgehead atoms. The van der Waals surface area contributed by atoms with Gasteiger partial charge >= 0.3 is 0 Å². The van der Waals surface area contributed by atoms with Gasteiger partial charge < -0.3 is 4.74 Å². The zero-order valence-corrected chi connectivity index (χ0v) is 10.8. The van der Waals surface area contributed by atoms with E-state index < -0.39 is 0 Å². The van der Waals surface area contributed by atoms with Crippen molar-refractivity contribution < 1.29 is 4.74 Å². The minimum Gasteiger partial charge on any atom is -0.379 e. The molecule has 1 saturated heterocycles. The normalized spacial score (nSPS) is 19.6. The van der Waals surface area contributed by atoms with E-state index in [-0.39, 0.29) is 11.3 Å². The summed E-state index contributed by atoms with van der Waals surface area (Å²) in [5.41, 5.74) is 1.10. The molecule has 1 aliphatic rings. The molecule has 0 spiro atoms. The third-order valence-corrected chi connectivity index (χ3v) is 4.05. The molecule has 0 aliphatic carbocycles. The first-order valence-electron chi connectivity index (χ1n) is 5.47. The molecule has 1 heterocycles. The fourth-order valence-corrected chi connectivity index (χ4v) is 3.02. The summed E-state index contributed by atoms with van der Waals surface area (Å²) < 4.78 is 6.44. The second-order valence-electron chi connectivity index (χ2n) is 4.22. The summed E-state index contributed by atoms with van der Waals surface area (Å²) in [5, 5.41) is 9.26. The van der Waals surface area contributed by atoms with Crippen LogP contribution >= 0.6 is 15.9 Å². The molecule has 1 aromatic rings. The summed E-state index contributed by atoms with van der Waals surface area (Å²) in [4.78, 5) is 0. The Morgan fingerprint density at radius 1 is 1.50 bits per heavy atom. The number of halogens is 1. The Hall–Kier alpha value is -0.850. The van der Waals surface area contributed by atoms with Crippen LogP contribution in [0.15, 0.2) is 28.7 Å². The van der Waals surface area contributed by atoms with Gasteiger partial charge in [0, 0.05) is 4.47 Å². The van der Waals surface area contributed by atoms with E-state index in [0.717, 1.165) is 10.9 Å². The lowest BCUT2D eigenvalue weighted by molar-refractivity contribution is -0.0808. The molecule has 16 heavy (non-hydrogen) atoms. The number of benzene rings is 1. The molecule has 0 saturated carbocycles. The summed E-state index contributed by atoms with van der Waals surface area (Å²) in [6.45, 7) is 3.37. The number of nitrogens with zero attached hydrogens (tertiary/aromatic N) is 1. The van der Waals surface area contributed by atoms with Crippen LogP contribution in [0.3, 0.4) is 0 Å². The molecule has 1 aromatic carbocycles. The Labute approximate surface area is 104 Å². The fraction of sp³-hybridized carbons (Fsp3) is 0.462. The van der Waals surface area contributed by atoms with E-state index in [9.17, 15) is 5.26 Å². The van der Waals surface area contributed by atoms with E-state index in [1.807, 2.05) is 18.2 Å². The van der Waals surface area contributed by atoms with Crippen molar-refractivity contribution in [3.05, 3.63) is 34.3 Å². The second-order valence-corrected chi connectivity index (χ2v) is 5.07. The Balaban J connectivity index is 2.43. The van der Waals surface area contributed by atoms with E-state index in [2.05, 4.69) is 35.0 Å². The van der Waals surface area contributed by atoms with Crippen molar-refractivity contribution >= 4 is 15.9 Å². The quantitative estimate of drug-likeness (QED) is 0.851. The number of rotatable bonds is 3. The molecular formula is C13H14BrNO. The van der Waals surface area contributed by atoms with Crippen molar-refractivity contribution in [1.29, 1.82) is 5.26 Å². The van der Waals surface area contributed by atoms with Crippen LogP contribution in [0, 0.1) is 17.2 Å². The molecule has 1 atom stereocenters. The number of ether oxygens (including phenoxy) is 1. The van der Waals surface area contributed by atoms with E-state index in [0.29, 0.717) is 13.2 Å². The Morgan fingerprint density at radius 2 is 2.19 bits per heavy atom. The van der Waals surface area contributed by atoms with Crippen LogP contribution in [0.4, 0.5) is 0 Å². The Bertz CT molecular complexity index is 420. The molecule has 3 heteroatoms. The minimum absolute atomic E-state index is 0.0277. The number of hydrogen-bond acceptors (Lipinski definition) is 2. The molecule has 1 aliphatic heterocycles. The fourth-order valence-electron chi connectivity index (χ4n) is 2.34. The molecule has 0 N–H and O–H groups in total. The van der Waals surface area contributed by atoms with Gasteiger partial charge in [-0.15, -0.1) is 0 Å². The summed E-state index contributed by atoms with van der Waals surface area (Å²) in [6.07, 6.45) is 0.862. The van der Waals surface area contributed by atoms with Crippen LogP contribution in [-0.2, 0) is 10.2 Å². The van der Waals surface area contributed by atoms with Gasteiger partial charge in [-0.3, -0.25) is 0 Å². The molecule has 0 aromatic heterocycles. The molecular weight excluding hydrogens is 266 g/mol. The summed E-state index contributed by atoms with van der Waals surface area (Å²) in [6, 6.07) is 10.5. The lowest BCUT2D eigenvalue weighted by Gasteiger charge is -2.45. The van der Waals surface area contributed by atoms with Crippen molar-refractivity contribution in [3.8, 4) is 6.07 Å². The van der Waals surface area contributed by atoms with Gasteiger partial charge in [-0.2, -0.15) is 5.26 Å². The molecule has 0 amide bonds. The zero-order chi connectivity index (χ0) is 11.6. The maximum atomic E-state index is 9.26. The van der Waals surface area contributed by atoms with Crippen molar-refractivity contribution in [2.24, 2.45) is 5.92 Å². The van der Waals surface area contributed by atoms with Crippen LogP contribution in [0.25, 0.3) is 0 Å². The van der Waals surface area contributed by atoms with Crippen LogP contribution in [0.5, 0.6) is 0 Å². The van der Waals surface area contributed by atoms with Crippen LogP contribution in [0.2, 0.25) is 0 Å². The van der Waals surface area contributed by atoms with Gasteiger partial charge in [0.05, 0.1) is 30.6 Å². The number of hydrogen-bond donors (Lipinski definition) is 0. The average molecular weight is 280 g/mol. The van der Waals surface area contributed by atoms with Crippen LogP contribution in [-0.4, -0.2) is 13.2 Å². The van der Waals surface area contributed by atoms with Crippen molar-refractivity contribution in [3.63, 3.8) is 0 Å². The van der Waals surface area contributed by atoms with Gasteiger partial charge in [0.25, 0.3) is 0 Å². The molecule has 84 valence electrons. The monoisotopic (exact) mass is 279 g/mol. The highest BCUT2D eigenvalue weighted by Gasteiger charge is 2.47. The van der Waals surface area contributed by atoms with E-state index in [1.165, 1.54) is 5.56 Å². The topological polar surface area (TPSA) is 33.0 Å². The second kappa shape index (κ2) is 4.57. The maximum Gasteiger partial charge on any atom is 0.0666 e. The maximum absolute atomic E-state index is 9.26. The first-order chi connectivity index (χ1) is 7.74. The molecule has 0 radical (unpaired) electrons. The zero-order valence-electron chi connectivity index (χ0n) is 9.24. The number of nitriles is 1. The van der Waals surface area contributed by atoms with E-state index in [4.69, 9.17) is 4.74 Å². The van der Waals surface area contributed by atoms with Gasteiger partial charge in [0.2, 0.25) is 0 Å². The predicted octanol–water partition coefficient (Wildman–Crippen LogP) is 3.27. The molecule has 2 nitrogen and oxygen atoms in total. The van der Waals surface area contributed by atoms with Crippen molar-refractivity contribution in [1.82, 2.24) is 0 Å². The standard InChI is InChI=1S/C13H14BrNO/c1-2-10(7-15)13(8-16-9-13)11-5-3-4-6-12(11)14/h3-6,10H,2,8-9H2,1H3. The highest BCUT2D eigenvalue weighted by Crippen LogP contribution is 2.43. The minimum atomic E-state index is -0.108. The first-order valence-corrected chi connectivity index (χ1v) is 6.26. The van der Waals surface area contributed by atoms with Gasteiger partial charge in [0.1, 0.15) is 0 Å². The average Bonchev–Trinajstić information content (AvgIpc) is 2.25. The Morgan fingerprint density at radius 3 is 2.62 bits per heavy atom. The highest BCUT2D eigenvalue weighted by atomic mass is 79.9. The van der Waals surface area contributed by atoms with Crippen molar-refractivity contribution in [2.45, 2.75) is 18.8 Å². The third-order valence-electron chi connectivity index (χ3n) is 3.36. The molecule has 1 unspecified atom stereocenters. The summed E-state index contributed by atoms with van der Waals surface area (Å²) in [7, 11) is 0. The third kappa shape index (κ3) is 1.66. The predicted molar refractivity (Wildman–Crippen MR) is 66.0 cm³/mol. The van der Waals surface area contributed by atoms with Gasteiger partial charge in [-0.1, -0.05) is 41.1 Å². The largest absolute Gasteiger partial charge is 0.379 e. The van der Waals surface area contributed by atoms with E-state index >= 15 is 0 Å². The molecule has 1 fully saturated rings. The SMILES string of the molecule is CCC(C#N)C1(c2ccccc2Br)COC1. The van der Waals surface area contributed by atoms with Crippen molar-refractivity contribution in [2.75, 3.05) is 13.2 Å². The first kappa shape index (κ1) is 11.6. The van der Waals surface area contributed by atoms with Gasteiger partial charge in [-0.25, -0.2) is 0 Å². The smallest absolute Gasteiger partial charge is 0.0666 e. The van der Waals surface area contributed by atoms with Gasteiger partial charge in [-0.05, 0) is 18.1 Å². The van der Waals surface area contributed by atoms with Gasteiger partial charge in [0.15, 0.2) is 0 Å². The van der Waals surface area contributed by atoms with E-state index in [1.54, 1.807) is 0 Å². The van der Waals surface area contributed by atoms with Crippen LogP contribution < -0.4 is 0 Å². The summed E-state index contributed by atoms with van der Waals surface area (Å²) in [5.74, 6) is 0.0277. The highest BCUT2D eigenvalue weighted by molar-refractivity contribution is 9.10. The lowest BCUT2D eigenvalue weighted by Crippen LogP contribution is -2.52. The molecule has 2 rings (SSSR count). The summed E-state index contributed by atoms with van der Waals surface area (Å²) >= 11 is 3.57. The van der Waals surface area contributed by atoms with Crippen LogP contribution in [0.1, 0.15) is 18.9 Å². The lowest BCUT2D eigenvalue weighted by atomic mass is 9.68. The Kier molecular flexibility index (Phi) is 3.32.